The smallest absolute Gasteiger partial charge is 0.398 e. The molecule has 2 amide bonds. The molecule has 0 aromatic carbocycles. The Morgan fingerprint density at radius 1 is 1.53 bits per heavy atom. The third-order valence-electron chi connectivity index (χ3n) is 0.996. The molecule has 1 N–H and O–H groups in total. The molecule has 0 spiro atoms. The Morgan fingerprint density at radius 2 is 2.07 bits per heavy atom. The number of ether oxygens (including phenoxy) is 1. The van der Waals surface area contributed by atoms with Crippen molar-refractivity contribution in [1.29, 1.82) is 0 Å². The molecule has 0 rings (SSSR count). The van der Waals surface area contributed by atoms with Crippen LogP contribution in [0.1, 0.15) is 6.92 Å². The van der Waals surface area contributed by atoms with Crippen LogP contribution in [0.4, 0.5) is 4.79 Å². The van der Waals surface area contributed by atoms with Crippen LogP contribution in [0.2, 0.25) is 0 Å². The summed E-state index contributed by atoms with van der Waals surface area (Å²) < 4.78 is 3.37. The summed E-state index contributed by atoms with van der Waals surface area (Å²) in [7, 11) is 0. The number of alkyl halides is 3. The molecule has 1 unspecified atom stereocenters. The second-order valence-electron chi connectivity index (χ2n) is 2.19. The lowest BCUT2D eigenvalue weighted by Gasteiger charge is -2.17. The Bertz CT molecular complexity index is 309. The SMILES string of the molecule is CC(NC(=O)C(Br)(Br)Br)OC(=O)N=[N+]=[N-]. The van der Waals surface area contributed by atoms with Crippen molar-refractivity contribution < 1.29 is 14.3 Å². The van der Waals surface area contributed by atoms with Crippen LogP contribution in [-0.2, 0) is 9.53 Å². The van der Waals surface area contributed by atoms with Crippen molar-refractivity contribution in [2.24, 2.45) is 5.11 Å². The first kappa shape index (κ1) is 14.7. The highest BCUT2D eigenvalue weighted by Gasteiger charge is 2.30. The zero-order valence-electron chi connectivity index (χ0n) is 7.28. The average molecular weight is 409 g/mol. The number of hydrogen-bond acceptors (Lipinski definition) is 3. The third kappa shape index (κ3) is 6.72. The van der Waals surface area contributed by atoms with Crippen molar-refractivity contribution in [3.63, 3.8) is 0 Å². The fourth-order valence-corrected chi connectivity index (χ4v) is 0.851. The largest absolute Gasteiger partial charge is 0.437 e. The van der Waals surface area contributed by atoms with Crippen molar-refractivity contribution in [2.45, 2.75) is 15.3 Å². The summed E-state index contributed by atoms with van der Waals surface area (Å²) in [6.45, 7) is 1.40. The van der Waals surface area contributed by atoms with Gasteiger partial charge in [-0.25, -0.2) is 4.79 Å². The summed E-state index contributed by atoms with van der Waals surface area (Å²) in [4.78, 5) is 24.1. The highest BCUT2D eigenvalue weighted by Crippen LogP contribution is 2.33. The van der Waals surface area contributed by atoms with Crippen LogP contribution in [0.5, 0.6) is 0 Å². The van der Waals surface area contributed by atoms with E-state index in [1.165, 1.54) is 6.92 Å². The fourth-order valence-electron chi connectivity index (χ4n) is 0.507. The Morgan fingerprint density at radius 3 is 2.47 bits per heavy atom. The number of nitrogens with zero attached hydrogens (tertiary/aromatic N) is 3. The molecule has 0 aliphatic carbocycles. The lowest BCUT2D eigenvalue weighted by atomic mass is 10.6. The summed E-state index contributed by atoms with van der Waals surface area (Å²) >= 11 is 8.90. The zero-order chi connectivity index (χ0) is 12.1. The van der Waals surface area contributed by atoms with Crippen LogP contribution >= 0.6 is 47.8 Å². The van der Waals surface area contributed by atoms with Crippen LogP contribution in [0.3, 0.4) is 0 Å². The minimum absolute atomic E-state index is 0.510. The molecule has 0 aromatic heterocycles. The topological polar surface area (TPSA) is 104 Å². The van der Waals surface area contributed by atoms with Gasteiger partial charge in [0.25, 0.3) is 5.91 Å². The van der Waals surface area contributed by atoms with Gasteiger partial charge in [0, 0.05) is 10.0 Å². The number of carbonyl (C=O) groups excluding carboxylic acids is 2. The number of azide groups is 1. The monoisotopic (exact) mass is 406 g/mol. The maximum absolute atomic E-state index is 11.3. The van der Waals surface area contributed by atoms with E-state index in [2.05, 4.69) is 67.9 Å². The van der Waals surface area contributed by atoms with Gasteiger partial charge >= 0.3 is 6.09 Å². The molecule has 0 saturated carbocycles. The van der Waals surface area contributed by atoms with Crippen LogP contribution in [0.25, 0.3) is 10.4 Å². The molecular formula is C5H5Br3N4O3. The summed E-state index contributed by atoms with van der Waals surface area (Å²) in [5, 5.41) is 4.97. The third-order valence-corrected chi connectivity index (χ3v) is 2.08. The van der Waals surface area contributed by atoms with Crippen LogP contribution in [0.15, 0.2) is 5.11 Å². The molecular weight excluding hydrogens is 404 g/mol. The van der Waals surface area contributed by atoms with E-state index in [1.54, 1.807) is 0 Å². The highest BCUT2D eigenvalue weighted by molar-refractivity contribution is 9.40. The van der Waals surface area contributed by atoms with Crippen molar-refractivity contribution in [3.05, 3.63) is 10.4 Å². The van der Waals surface area contributed by atoms with E-state index in [-0.39, 0.29) is 0 Å². The first-order chi connectivity index (χ1) is 6.77. The minimum Gasteiger partial charge on any atom is -0.437 e. The van der Waals surface area contributed by atoms with Crippen molar-refractivity contribution in [3.8, 4) is 0 Å². The maximum atomic E-state index is 11.3. The number of hydrogen-bond donors (Lipinski definition) is 1. The summed E-state index contributed by atoms with van der Waals surface area (Å²) in [5.74, 6) is -0.510. The van der Waals surface area contributed by atoms with Gasteiger partial charge in [-0.1, -0.05) is 0 Å². The van der Waals surface area contributed by atoms with E-state index in [1.807, 2.05) is 0 Å². The van der Waals surface area contributed by atoms with Gasteiger partial charge in [0.05, 0.1) is 0 Å². The van der Waals surface area contributed by atoms with Crippen LogP contribution < -0.4 is 5.32 Å². The number of nitrogens with one attached hydrogen (secondary N) is 1. The van der Waals surface area contributed by atoms with Crippen molar-refractivity contribution in [1.82, 2.24) is 5.32 Å². The molecule has 0 aliphatic heterocycles. The number of rotatable bonds is 2. The molecule has 0 aliphatic rings. The highest BCUT2D eigenvalue weighted by atomic mass is 80.0. The zero-order valence-corrected chi connectivity index (χ0v) is 12.0. The van der Waals surface area contributed by atoms with Crippen LogP contribution in [-0.4, -0.2) is 20.4 Å². The van der Waals surface area contributed by atoms with Gasteiger partial charge in [-0.15, -0.1) is 0 Å². The lowest BCUT2D eigenvalue weighted by Crippen LogP contribution is -2.41. The molecule has 0 radical (unpaired) electrons. The standard InChI is InChI=1S/C5H5Br3N4O3/c1-2(15-4(14)11-12-9)10-3(13)5(6,7)8/h2H,1H3,(H,10,13). The van der Waals surface area contributed by atoms with Gasteiger partial charge in [-0.3, -0.25) is 4.79 Å². The van der Waals surface area contributed by atoms with Gasteiger partial charge in [-0.05, 0) is 60.2 Å². The Labute approximate surface area is 110 Å². The second kappa shape index (κ2) is 6.31. The van der Waals surface area contributed by atoms with Crippen molar-refractivity contribution >= 4 is 59.8 Å². The Balaban J connectivity index is 4.16. The van der Waals surface area contributed by atoms with Gasteiger partial charge in [-0.2, -0.15) is 0 Å². The van der Waals surface area contributed by atoms with E-state index in [0.29, 0.717) is 0 Å². The maximum Gasteiger partial charge on any atom is 0.398 e. The van der Waals surface area contributed by atoms with E-state index in [9.17, 15) is 9.59 Å². The first-order valence-corrected chi connectivity index (χ1v) is 5.78. The summed E-state index contributed by atoms with van der Waals surface area (Å²) in [6, 6.07) is 0. The molecule has 7 nitrogen and oxygen atoms in total. The molecule has 0 bridgehead atoms. The van der Waals surface area contributed by atoms with E-state index >= 15 is 0 Å². The normalized spacial score (nSPS) is 12.3. The molecule has 84 valence electrons. The van der Waals surface area contributed by atoms with E-state index < -0.39 is 20.4 Å². The summed E-state index contributed by atoms with van der Waals surface area (Å²) in [5.41, 5.74) is 7.91. The molecule has 15 heavy (non-hydrogen) atoms. The minimum atomic E-state index is -1.13. The van der Waals surface area contributed by atoms with Gasteiger partial charge in [0.1, 0.15) is 0 Å². The van der Waals surface area contributed by atoms with Gasteiger partial charge in [0.15, 0.2) is 6.23 Å². The Kier molecular flexibility index (Phi) is 6.18. The molecule has 1 atom stereocenters. The fraction of sp³-hybridized carbons (Fsp3) is 0.600. The quantitative estimate of drug-likeness (QED) is 0.250. The molecule has 0 fully saturated rings. The lowest BCUT2D eigenvalue weighted by molar-refractivity contribution is -0.121. The predicted octanol–water partition coefficient (Wildman–Crippen LogP) is 2.73. The predicted molar refractivity (Wildman–Crippen MR) is 62.7 cm³/mol. The first-order valence-electron chi connectivity index (χ1n) is 3.40. The second-order valence-corrected chi connectivity index (χ2v) is 8.95. The molecule has 10 heteroatoms. The average Bonchev–Trinajstić information content (AvgIpc) is 2.01. The van der Waals surface area contributed by atoms with E-state index in [4.69, 9.17) is 5.53 Å². The van der Waals surface area contributed by atoms with Gasteiger partial charge in [0.2, 0.25) is 2.14 Å². The van der Waals surface area contributed by atoms with Crippen LogP contribution in [0, 0.1) is 0 Å². The summed E-state index contributed by atoms with van der Waals surface area (Å²) in [6.07, 6.45) is -2.03. The number of halogens is 3. The van der Waals surface area contributed by atoms with E-state index in [0.717, 1.165) is 0 Å². The molecule has 0 aromatic rings. The van der Waals surface area contributed by atoms with Crippen molar-refractivity contribution in [2.75, 3.05) is 0 Å². The number of carbonyl (C=O) groups is 2. The molecule has 0 saturated heterocycles. The molecule has 0 heterocycles. The Hall–Kier alpha value is -0.310. The van der Waals surface area contributed by atoms with Gasteiger partial charge < -0.3 is 10.1 Å². The number of amides is 2.